The van der Waals surface area contributed by atoms with Crippen molar-refractivity contribution >= 4 is 50.9 Å². The standard InChI is InChI=1S/C19H11ClN4O4S/c20-13-3-1-11(2-4-13)9-22-23-19-21-10-17(29-19)15-8-12-7-14(24(26)27)5-6-16(12)28-18(15)25/h1-10H,(H,21,23)/b22-9-. The van der Waals surface area contributed by atoms with Gasteiger partial charge in [0.25, 0.3) is 5.69 Å². The maximum Gasteiger partial charge on any atom is 0.345 e. The number of hydrogen-bond donors (Lipinski definition) is 1. The molecular formula is C19H11ClN4O4S. The Labute approximate surface area is 172 Å². The Kier molecular flexibility index (Phi) is 5.07. The molecule has 0 spiro atoms. The summed E-state index contributed by atoms with van der Waals surface area (Å²) in [5.41, 5.74) is 3.57. The lowest BCUT2D eigenvalue weighted by atomic mass is 10.1. The highest BCUT2D eigenvalue weighted by Gasteiger charge is 2.14. The summed E-state index contributed by atoms with van der Waals surface area (Å²) in [7, 11) is 0. The lowest BCUT2D eigenvalue weighted by molar-refractivity contribution is -0.384. The van der Waals surface area contributed by atoms with Gasteiger partial charge < -0.3 is 4.42 Å². The number of nitrogens with zero attached hydrogens (tertiary/aromatic N) is 3. The first kappa shape index (κ1) is 18.8. The molecule has 0 aliphatic rings. The summed E-state index contributed by atoms with van der Waals surface area (Å²) in [6, 6.07) is 12.8. The number of aromatic nitrogens is 1. The lowest BCUT2D eigenvalue weighted by Gasteiger charge is -2.00. The number of benzene rings is 2. The SMILES string of the molecule is O=c1oc2ccc([N+](=O)[O-])cc2cc1-c1cnc(N/N=C\c2ccc(Cl)cc2)s1. The Balaban J connectivity index is 1.59. The number of nitrogens with one attached hydrogen (secondary N) is 1. The molecule has 0 aliphatic carbocycles. The van der Waals surface area contributed by atoms with E-state index in [1.165, 1.54) is 35.7 Å². The molecule has 0 amide bonds. The molecule has 4 aromatic rings. The molecule has 0 fully saturated rings. The number of nitro benzene ring substituents is 1. The van der Waals surface area contributed by atoms with Crippen LogP contribution >= 0.6 is 22.9 Å². The average Bonchev–Trinajstić information content (AvgIpc) is 3.17. The summed E-state index contributed by atoms with van der Waals surface area (Å²) in [6.07, 6.45) is 3.13. The fourth-order valence-corrected chi connectivity index (χ4v) is 3.45. The fraction of sp³-hybridized carbons (Fsp3) is 0. The molecule has 0 saturated carbocycles. The van der Waals surface area contributed by atoms with Crippen LogP contribution in [0.1, 0.15) is 5.56 Å². The largest absolute Gasteiger partial charge is 0.422 e. The van der Waals surface area contributed by atoms with Gasteiger partial charge in [-0.3, -0.25) is 15.5 Å². The maximum atomic E-state index is 12.3. The molecule has 8 nitrogen and oxygen atoms in total. The molecule has 0 atom stereocenters. The van der Waals surface area contributed by atoms with E-state index in [-0.39, 0.29) is 16.8 Å². The topological polar surface area (TPSA) is 111 Å². The maximum absolute atomic E-state index is 12.3. The number of anilines is 1. The Bertz CT molecular complexity index is 1300. The molecule has 0 bridgehead atoms. The second kappa shape index (κ2) is 7.82. The fourth-order valence-electron chi connectivity index (χ4n) is 2.56. The zero-order valence-corrected chi connectivity index (χ0v) is 16.1. The third-order valence-electron chi connectivity index (χ3n) is 3.94. The molecule has 2 aromatic carbocycles. The van der Waals surface area contributed by atoms with Gasteiger partial charge in [-0.1, -0.05) is 35.1 Å². The van der Waals surface area contributed by atoms with Crippen LogP contribution in [0.4, 0.5) is 10.8 Å². The van der Waals surface area contributed by atoms with E-state index in [1.54, 1.807) is 24.4 Å². The number of non-ortho nitro benzene ring substituents is 1. The molecule has 0 saturated heterocycles. The Hall–Kier alpha value is -3.56. The quantitative estimate of drug-likeness (QED) is 0.210. The summed E-state index contributed by atoms with van der Waals surface area (Å²) in [5, 5.41) is 16.6. The van der Waals surface area contributed by atoms with Gasteiger partial charge >= 0.3 is 5.63 Å². The van der Waals surface area contributed by atoms with Crippen LogP contribution in [-0.2, 0) is 0 Å². The smallest absolute Gasteiger partial charge is 0.345 e. The molecule has 0 unspecified atom stereocenters. The van der Waals surface area contributed by atoms with Crippen molar-refractivity contribution in [3.8, 4) is 10.4 Å². The molecule has 0 radical (unpaired) electrons. The predicted molar refractivity (Wildman–Crippen MR) is 113 cm³/mol. The van der Waals surface area contributed by atoms with Crippen LogP contribution in [-0.4, -0.2) is 16.1 Å². The van der Waals surface area contributed by atoms with Gasteiger partial charge in [0.05, 0.1) is 21.6 Å². The number of fused-ring (bicyclic) bond motifs is 1. The molecule has 2 heterocycles. The minimum atomic E-state index is -0.550. The second-order valence-corrected chi connectivity index (χ2v) is 7.35. The average molecular weight is 427 g/mol. The van der Waals surface area contributed by atoms with Crippen LogP contribution in [0.3, 0.4) is 0 Å². The first-order valence-corrected chi connectivity index (χ1v) is 9.42. The highest BCUT2D eigenvalue weighted by atomic mass is 35.5. The number of nitro groups is 1. The van der Waals surface area contributed by atoms with E-state index in [0.29, 0.717) is 20.4 Å². The number of hydrazone groups is 1. The van der Waals surface area contributed by atoms with Crippen LogP contribution < -0.4 is 11.1 Å². The van der Waals surface area contributed by atoms with Gasteiger partial charge in [-0.2, -0.15) is 5.10 Å². The summed E-state index contributed by atoms with van der Waals surface area (Å²) in [5.74, 6) is 0. The van der Waals surface area contributed by atoms with Crippen molar-refractivity contribution in [2.75, 3.05) is 5.43 Å². The molecule has 29 heavy (non-hydrogen) atoms. The van der Waals surface area contributed by atoms with Crippen LogP contribution in [0.2, 0.25) is 5.02 Å². The van der Waals surface area contributed by atoms with Crippen molar-refractivity contribution in [1.82, 2.24) is 4.98 Å². The normalized spacial score (nSPS) is 11.2. The van der Waals surface area contributed by atoms with E-state index in [9.17, 15) is 14.9 Å². The minimum absolute atomic E-state index is 0.0829. The van der Waals surface area contributed by atoms with Gasteiger partial charge in [0.15, 0.2) is 0 Å². The van der Waals surface area contributed by atoms with E-state index in [0.717, 1.165) is 5.56 Å². The van der Waals surface area contributed by atoms with Gasteiger partial charge in [-0.15, -0.1) is 0 Å². The highest BCUT2D eigenvalue weighted by Crippen LogP contribution is 2.29. The van der Waals surface area contributed by atoms with Crippen molar-refractivity contribution in [1.29, 1.82) is 0 Å². The zero-order valence-electron chi connectivity index (χ0n) is 14.5. The zero-order chi connectivity index (χ0) is 20.4. The third kappa shape index (κ3) is 4.15. The summed E-state index contributed by atoms with van der Waals surface area (Å²) in [6.45, 7) is 0. The first-order valence-electron chi connectivity index (χ1n) is 8.23. The number of halogens is 1. The van der Waals surface area contributed by atoms with Crippen LogP contribution in [0.15, 0.2) is 69.0 Å². The number of rotatable bonds is 5. The molecule has 2 aromatic heterocycles. The molecule has 1 N–H and O–H groups in total. The lowest BCUT2D eigenvalue weighted by Crippen LogP contribution is -2.01. The second-order valence-electron chi connectivity index (χ2n) is 5.88. The van der Waals surface area contributed by atoms with Crippen LogP contribution in [0.25, 0.3) is 21.4 Å². The monoisotopic (exact) mass is 426 g/mol. The van der Waals surface area contributed by atoms with Gasteiger partial charge in [0.2, 0.25) is 5.13 Å². The van der Waals surface area contributed by atoms with E-state index in [2.05, 4.69) is 15.5 Å². The molecule has 10 heteroatoms. The highest BCUT2D eigenvalue weighted by molar-refractivity contribution is 7.18. The van der Waals surface area contributed by atoms with Crippen LogP contribution in [0, 0.1) is 10.1 Å². The van der Waals surface area contributed by atoms with Gasteiger partial charge in [-0.05, 0) is 29.8 Å². The minimum Gasteiger partial charge on any atom is -0.422 e. The van der Waals surface area contributed by atoms with Crippen molar-refractivity contribution in [2.24, 2.45) is 5.10 Å². The van der Waals surface area contributed by atoms with Gasteiger partial charge in [0, 0.05) is 28.7 Å². The van der Waals surface area contributed by atoms with Crippen molar-refractivity contribution in [3.05, 3.63) is 85.8 Å². The van der Waals surface area contributed by atoms with Gasteiger partial charge in [0.1, 0.15) is 5.58 Å². The van der Waals surface area contributed by atoms with E-state index in [4.69, 9.17) is 16.0 Å². The summed E-state index contributed by atoms with van der Waals surface area (Å²) in [4.78, 5) is 27.5. The predicted octanol–water partition coefficient (Wildman–Crippen LogP) is 4.92. The van der Waals surface area contributed by atoms with E-state index >= 15 is 0 Å². The van der Waals surface area contributed by atoms with E-state index < -0.39 is 10.5 Å². The van der Waals surface area contributed by atoms with Crippen molar-refractivity contribution in [2.45, 2.75) is 0 Å². The van der Waals surface area contributed by atoms with Gasteiger partial charge in [-0.25, -0.2) is 9.78 Å². The van der Waals surface area contributed by atoms with Crippen LogP contribution in [0.5, 0.6) is 0 Å². The van der Waals surface area contributed by atoms with Crippen molar-refractivity contribution < 1.29 is 9.34 Å². The van der Waals surface area contributed by atoms with E-state index in [1.807, 2.05) is 12.1 Å². The Morgan fingerprint density at radius 1 is 1.21 bits per heavy atom. The molecular weight excluding hydrogens is 416 g/mol. The first-order chi connectivity index (χ1) is 14.0. The molecule has 144 valence electrons. The summed E-state index contributed by atoms with van der Waals surface area (Å²) < 4.78 is 5.28. The Morgan fingerprint density at radius 3 is 2.76 bits per heavy atom. The van der Waals surface area contributed by atoms with Crippen molar-refractivity contribution in [3.63, 3.8) is 0 Å². The Morgan fingerprint density at radius 2 is 2.00 bits per heavy atom. The molecule has 0 aliphatic heterocycles. The molecule has 4 rings (SSSR count). The third-order valence-corrected chi connectivity index (χ3v) is 5.13. The number of hydrogen-bond acceptors (Lipinski definition) is 8. The number of thiazole rings is 1. The summed E-state index contributed by atoms with van der Waals surface area (Å²) >= 11 is 7.05.